The minimum Gasteiger partial charge on any atom is -0.459 e. The standard InChI is InChI=1S/C15H18ClNO4/c16-12-3-1-2-11(13(12)17)14(18)21-10-4-6-20-15(8-10)5-7-19-9-15/h1-3,10H,4-9,17H2. The Labute approximate surface area is 128 Å². The zero-order chi connectivity index (χ0) is 14.9. The Hall–Kier alpha value is -1.30. The summed E-state index contributed by atoms with van der Waals surface area (Å²) in [5.74, 6) is -0.434. The molecule has 2 aliphatic heterocycles. The van der Waals surface area contributed by atoms with E-state index in [1.54, 1.807) is 18.2 Å². The van der Waals surface area contributed by atoms with Crippen LogP contribution in [0.2, 0.25) is 5.02 Å². The van der Waals surface area contributed by atoms with Crippen molar-refractivity contribution in [3.8, 4) is 0 Å². The molecule has 1 spiro atoms. The number of rotatable bonds is 2. The molecule has 5 nitrogen and oxygen atoms in total. The van der Waals surface area contributed by atoms with Gasteiger partial charge in [0.15, 0.2) is 0 Å². The van der Waals surface area contributed by atoms with E-state index in [0.717, 1.165) is 6.42 Å². The SMILES string of the molecule is Nc1c(Cl)cccc1C(=O)OC1CCOC2(CCOC2)C1. The Morgan fingerprint density at radius 3 is 3.05 bits per heavy atom. The van der Waals surface area contributed by atoms with Crippen molar-refractivity contribution < 1.29 is 19.0 Å². The average Bonchev–Trinajstić information content (AvgIpc) is 2.89. The molecule has 0 amide bonds. The van der Waals surface area contributed by atoms with Gasteiger partial charge in [0.05, 0.1) is 35.1 Å². The molecule has 2 atom stereocenters. The van der Waals surface area contributed by atoms with Gasteiger partial charge in [0.1, 0.15) is 6.10 Å². The molecule has 6 heteroatoms. The predicted molar refractivity (Wildman–Crippen MR) is 78.4 cm³/mol. The molecule has 1 aromatic carbocycles. The van der Waals surface area contributed by atoms with Gasteiger partial charge in [-0.2, -0.15) is 0 Å². The third-order valence-electron chi connectivity index (χ3n) is 4.06. The van der Waals surface area contributed by atoms with Gasteiger partial charge in [0.25, 0.3) is 0 Å². The summed E-state index contributed by atoms with van der Waals surface area (Å²) in [4.78, 5) is 12.3. The molecule has 0 bridgehead atoms. The van der Waals surface area contributed by atoms with E-state index in [4.69, 9.17) is 31.5 Å². The van der Waals surface area contributed by atoms with E-state index in [1.165, 1.54) is 0 Å². The Morgan fingerprint density at radius 2 is 2.29 bits per heavy atom. The van der Waals surface area contributed by atoms with E-state index >= 15 is 0 Å². The molecule has 2 N–H and O–H groups in total. The predicted octanol–water partition coefficient (Wildman–Crippen LogP) is 2.42. The van der Waals surface area contributed by atoms with Gasteiger partial charge in [-0.15, -0.1) is 0 Å². The van der Waals surface area contributed by atoms with Crippen molar-refractivity contribution in [1.82, 2.24) is 0 Å². The average molecular weight is 312 g/mol. The quantitative estimate of drug-likeness (QED) is 0.671. The van der Waals surface area contributed by atoms with Crippen molar-refractivity contribution in [2.45, 2.75) is 31.0 Å². The van der Waals surface area contributed by atoms with Crippen LogP contribution in [0.4, 0.5) is 5.69 Å². The second-order valence-corrected chi connectivity index (χ2v) is 5.96. The molecule has 0 saturated carbocycles. The van der Waals surface area contributed by atoms with Crippen molar-refractivity contribution in [1.29, 1.82) is 0 Å². The largest absolute Gasteiger partial charge is 0.459 e. The lowest BCUT2D eigenvalue weighted by Crippen LogP contribution is -2.43. The lowest BCUT2D eigenvalue weighted by atomic mass is 9.91. The van der Waals surface area contributed by atoms with Crippen LogP contribution in [0.25, 0.3) is 0 Å². The van der Waals surface area contributed by atoms with Gasteiger partial charge in [-0.1, -0.05) is 17.7 Å². The highest BCUT2D eigenvalue weighted by molar-refractivity contribution is 6.33. The summed E-state index contributed by atoms with van der Waals surface area (Å²) in [7, 11) is 0. The first-order valence-electron chi connectivity index (χ1n) is 7.06. The third-order valence-corrected chi connectivity index (χ3v) is 4.39. The minimum absolute atomic E-state index is 0.175. The van der Waals surface area contributed by atoms with Crippen LogP contribution in [0.3, 0.4) is 0 Å². The number of esters is 1. The number of anilines is 1. The molecule has 0 aromatic heterocycles. The molecule has 2 fully saturated rings. The van der Waals surface area contributed by atoms with Crippen molar-refractivity contribution in [3.05, 3.63) is 28.8 Å². The Morgan fingerprint density at radius 1 is 1.43 bits per heavy atom. The number of halogens is 1. The van der Waals surface area contributed by atoms with Crippen molar-refractivity contribution in [3.63, 3.8) is 0 Å². The number of carbonyl (C=O) groups excluding carboxylic acids is 1. The van der Waals surface area contributed by atoms with Gasteiger partial charge in [0, 0.05) is 25.9 Å². The Bertz CT molecular complexity index is 542. The smallest absolute Gasteiger partial charge is 0.340 e. The van der Waals surface area contributed by atoms with E-state index in [-0.39, 0.29) is 17.4 Å². The van der Waals surface area contributed by atoms with Crippen molar-refractivity contribution >= 4 is 23.3 Å². The maximum absolute atomic E-state index is 12.3. The summed E-state index contributed by atoms with van der Waals surface area (Å²) in [5.41, 5.74) is 6.11. The molecule has 2 unspecified atom stereocenters. The summed E-state index contributed by atoms with van der Waals surface area (Å²) in [6.07, 6.45) is 2.03. The van der Waals surface area contributed by atoms with E-state index in [2.05, 4.69) is 0 Å². The number of nitrogen functional groups attached to an aromatic ring is 1. The number of benzene rings is 1. The second-order valence-electron chi connectivity index (χ2n) is 5.56. The van der Waals surface area contributed by atoms with Crippen LogP contribution in [-0.2, 0) is 14.2 Å². The zero-order valence-electron chi connectivity index (χ0n) is 11.6. The molecule has 114 valence electrons. The number of nitrogens with two attached hydrogens (primary N) is 1. The summed E-state index contributed by atoms with van der Waals surface area (Å²) in [5, 5.41) is 0.358. The van der Waals surface area contributed by atoms with Crippen LogP contribution in [0.5, 0.6) is 0 Å². The van der Waals surface area contributed by atoms with Gasteiger partial charge < -0.3 is 19.9 Å². The lowest BCUT2D eigenvalue weighted by molar-refractivity contribution is -0.120. The highest BCUT2D eigenvalue weighted by Gasteiger charge is 2.42. The number of hydrogen-bond acceptors (Lipinski definition) is 5. The first-order valence-corrected chi connectivity index (χ1v) is 7.44. The van der Waals surface area contributed by atoms with Crippen LogP contribution >= 0.6 is 11.6 Å². The molecule has 2 heterocycles. The van der Waals surface area contributed by atoms with Crippen LogP contribution in [0.15, 0.2) is 18.2 Å². The highest BCUT2D eigenvalue weighted by Crippen LogP contribution is 2.34. The fourth-order valence-electron chi connectivity index (χ4n) is 2.88. The first-order chi connectivity index (χ1) is 10.1. The van der Waals surface area contributed by atoms with E-state index < -0.39 is 5.97 Å². The summed E-state index contributed by atoms with van der Waals surface area (Å²) < 4.78 is 16.8. The zero-order valence-corrected chi connectivity index (χ0v) is 12.4. The molecule has 2 saturated heterocycles. The number of ether oxygens (including phenoxy) is 3. The molecular formula is C15H18ClNO4. The molecule has 0 radical (unpaired) electrons. The topological polar surface area (TPSA) is 70.8 Å². The molecule has 1 aromatic rings. The number of para-hydroxylation sites is 1. The lowest BCUT2D eigenvalue weighted by Gasteiger charge is -2.36. The summed E-state index contributed by atoms with van der Waals surface area (Å²) in [6.45, 7) is 1.84. The van der Waals surface area contributed by atoms with Crippen molar-refractivity contribution in [2.75, 3.05) is 25.6 Å². The summed E-state index contributed by atoms with van der Waals surface area (Å²) >= 11 is 5.93. The second kappa shape index (κ2) is 5.83. The minimum atomic E-state index is -0.434. The number of carbonyl (C=O) groups is 1. The normalized spacial score (nSPS) is 28.7. The maximum atomic E-state index is 12.3. The molecule has 21 heavy (non-hydrogen) atoms. The van der Waals surface area contributed by atoms with E-state index in [0.29, 0.717) is 43.2 Å². The molecule has 2 aliphatic rings. The van der Waals surface area contributed by atoms with Gasteiger partial charge in [-0.25, -0.2) is 4.79 Å². The molecular weight excluding hydrogens is 294 g/mol. The monoisotopic (exact) mass is 311 g/mol. The Balaban J connectivity index is 1.68. The number of hydrogen-bond donors (Lipinski definition) is 1. The molecule has 0 aliphatic carbocycles. The fourth-order valence-corrected chi connectivity index (χ4v) is 3.05. The van der Waals surface area contributed by atoms with E-state index in [9.17, 15) is 4.79 Å². The van der Waals surface area contributed by atoms with E-state index in [1.807, 2.05) is 0 Å². The van der Waals surface area contributed by atoms with Gasteiger partial charge in [0.2, 0.25) is 0 Å². The third kappa shape index (κ3) is 3.00. The van der Waals surface area contributed by atoms with Crippen LogP contribution in [0.1, 0.15) is 29.6 Å². The summed E-state index contributed by atoms with van der Waals surface area (Å²) in [6, 6.07) is 4.95. The van der Waals surface area contributed by atoms with Crippen LogP contribution in [-0.4, -0.2) is 37.5 Å². The fraction of sp³-hybridized carbons (Fsp3) is 0.533. The first kappa shape index (κ1) is 14.6. The highest BCUT2D eigenvalue weighted by atomic mass is 35.5. The van der Waals surface area contributed by atoms with Gasteiger partial charge >= 0.3 is 5.97 Å². The van der Waals surface area contributed by atoms with Crippen molar-refractivity contribution in [2.24, 2.45) is 0 Å². The van der Waals surface area contributed by atoms with Crippen LogP contribution < -0.4 is 5.73 Å². The maximum Gasteiger partial charge on any atom is 0.340 e. The molecule has 3 rings (SSSR count). The van der Waals surface area contributed by atoms with Gasteiger partial charge in [-0.3, -0.25) is 0 Å². The van der Waals surface area contributed by atoms with Gasteiger partial charge in [-0.05, 0) is 12.1 Å². The Kier molecular flexibility index (Phi) is 4.06. The van der Waals surface area contributed by atoms with Crippen LogP contribution in [0, 0.1) is 0 Å².